The molecule has 1 amide bonds. The zero-order valence-electron chi connectivity index (χ0n) is 11.1. The van der Waals surface area contributed by atoms with E-state index in [1.807, 2.05) is 0 Å². The van der Waals surface area contributed by atoms with Gasteiger partial charge in [-0.25, -0.2) is 0 Å². The second-order valence-electron chi connectivity index (χ2n) is 4.28. The smallest absolute Gasteiger partial charge is 0.255 e. The molecule has 0 bridgehead atoms. The van der Waals surface area contributed by atoms with Gasteiger partial charge in [-0.2, -0.15) is 0 Å². The first-order chi connectivity index (χ1) is 9.04. The minimum Gasteiger partial charge on any atom is -0.334 e. The molecule has 0 radical (unpaired) electrons. The summed E-state index contributed by atoms with van der Waals surface area (Å²) in [6.07, 6.45) is 1.77. The van der Waals surface area contributed by atoms with Gasteiger partial charge in [0.25, 0.3) is 5.91 Å². The summed E-state index contributed by atoms with van der Waals surface area (Å²) in [4.78, 5) is 14.4. The van der Waals surface area contributed by atoms with Crippen LogP contribution in [-0.4, -0.2) is 29.3 Å². The van der Waals surface area contributed by atoms with Crippen molar-refractivity contribution in [3.05, 3.63) is 33.8 Å². The minimum atomic E-state index is -0.109. The van der Waals surface area contributed by atoms with Gasteiger partial charge in [0, 0.05) is 23.5 Å². The quantitative estimate of drug-likeness (QED) is 0.685. The lowest BCUT2D eigenvalue weighted by molar-refractivity contribution is 0.0682. The van der Waals surface area contributed by atoms with Crippen LogP contribution in [0.4, 0.5) is 0 Å². The molecule has 0 aromatic heterocycles. The van der Waals surface area contributed by atoms with Crippen LogP contribution in [0, 0.1) is 0 Å². The Kier molecular flexibility index (Phi) is 6.98. The standard InChI is InChI=1S/C14H18Cl3NO/c1-3-11(4-2)18(8-7-15)14(19)12-9-10(16)5-6-13(12)17/h5-6,9,11H,3-4,7-8H2,1-2H3. The van der Waals surface area contributed by atoms with Gasteiger partial charge in [0.15, 0.2) is 0 Å². The molecule has 0 unspecified atom stereocenters. The minimum absolute atomic E-state index is 0.109. The maximum atomic E-state index is 12.6. The number of halogens is 3. The molecule has 19 heavy (non-hydrogen) atoms. The maximum Gasteiger partial charge on any atom is 0.255 e. The zero-order chi connectivity index (χ0) is 14.4. The van der Waals surface area contributed by atoms with Gasteiger partial charge in [0.05, 0.1) is 10.6 Å². The van der Waals surface area contributed by atoms with Crippen LogP contribution in [0.2, 0.25) is 10.0 Å². The molecule has 0 aliphatic carbocycles. The molecule has 1 aromatic carbocycles. The molecule has 0 N–H and O–H groups in total. The molecule has 0 aliphatic rings. The van der Waals surface area contributed by atoms with E-state index in [0.29, 0.717) is 28.0 Å². The van der Waals surface area contributed by atoms with Crippen molar-refractivity contribution in [3.8, 4) is 0 Å². The van der Waals surface area contributed by atoms with E-state index in [1.165, 1.54) is 0 Å². The van der Waals surface area contributed by atoms with Gasteiger partial charge in [-0.05, 0) is 31.0 Å². The molecule has 0 spiro atoms. The molecule has 5 heteroatoms. The summed E-state index contributed by atoms with van der Waals surface area (Å²) in [5.41, 5.74) is 0.436. The van der Waals surface area contributed by atoms with E-state index in [1.54, 1.807) is 23.1 Å². The third-order valence-electron chi connectivity index (χ3n) is 3.13. The lowest BCUT2D eigenvalue weighted by atomic mass is 10.1. The normalized spacial score (nSPS) is 10.8. The fraction of sp³-hybridized carbons (Fsp3) is 0.500. The summed E-state index contributed by atoms with van der Waals surface area (Å²) in [7, 11) is 0. The highest BCUT2D eigenvalue weighted by atomic mass is 35.5. The number of carbonyl (C=O) groups is 1. The van der Waals surface area contributed by atoms with Crippen molar-refractivity contribution in [1.29, 1.82) is 0 Å². The van der Waals surface area contributed by atoms with E-state index >= 15 is 0 Å². The molecule has 0 atom stereocenters. The first-order valence-corrected chi connectivity index (χ1v) is 7.66. The second kappa shape index (κ2) is 7.98. The largest absolute Gasteiger partial charge is 0.334 e. The van der Waals surface area contributed by atoms with Crippen molar-refractivity contribution in [1.82, 2.24) is 4.90 Å². The third kappa shape index (κ3) is 4.27. The molecule has 0 saturated heterocycles. The van der Waals surface area contributed by atoms with Crippen molar-refractivity contribution < 1.29 is 4.79 Å². The van der Waals surface area contributed by atoms with Crippen molar-refractivity contribution in [3.63, 3.8) is 0 Å². The Labute approximate surface area is 129 Å². The predicted molar refractivity (Wildman–Crippen MR) is 82.6 cm³/mol. The molecule has 2 nitrogen and oxygen atoms in total. The number of rotatable bonds is 6. The van der Waals surface area contributed by atoms with Gasteiger partial charge in [-0.3, -0.25) is 4.79 Å². The Bertz CT molecular complexity index is 433. The van der Waals surface area contributed by atoms with E-state index in [4.69, 9.17) is 34.8 Å². The van der Waals surface area contributed by atoms with E-state index in [-0.39, 0.29) is 11.9 Å². The fourth-order valence-corrected chi connectivity index (χ4v) is 2.64. The average molecular weight is 323 g/mol. The fourth-order valence-electron chi connectivity index (χ4n) is 2.09. The summed E-state index contributed by atoms with van der Waals surface area (Å²) in [5.74, 6) is 0.294. The van der Waals surface area contributed by atoms with Crippen LogP contribution in [0.5, 0.6) is 0 Å². The Morgan fingerprint density at radius 2 is 1.89 bits per heavy atom. The van der Waals surface area contributed by atoms with Gasteiger partial charge in [-0.1, -0.05) is 37.0 Å². The van der Waals surface area contributed by atoms with Gasteiger partial charge in [0.2, 0.25) is 0 Å². The molecule has 0 fully saturated rings. The van der Waals surface area contributed by atoms with Gasteiger partial charge < -0.3 is 4.90 Å². The number of alkyl halides is 1. The van der Waals surface area contributed by atoms with E-state index in [0.717, 1.165) is 12.8 Å². The Hall–Kier alpha value is -0.440. The molecule has 0 saturated carbocycles. The molecule has 106 valence electrons. The highest BCUT2D eigenvalue weighted by Gasteiger charge is 2.23. The van der Waals surface area contributed by atoms with Crippen molar-refractivity contribution in [2.24, 2.45) is 0 Å². The van der Waals surface area contributed by atoms with E-state index in [2.05, 4.69) is 13.8 Å². The topological polar surface area (TPSA) is 20.3 Å². The number of amides is 1. The van der Waals surface area contributed by atoms with Gasteiger partial charge in [-0.15, -0.1) is 11.6 Å². The average Bonchev–Trinajstić information content (AvgIpc) is 2.41. The van der Waals surface area contributed by atoms with E-state index in [9.17, 15) is 4.79 Å². The van der Waals surface area contributed by atoms with Crippen molar-refractivity contribution >= 4 is 40.7 Å². The highest BCUT2D eigenvalue weighted by molar-refractivity contribution is 6.35. The second-order valence-corrected chi connectivity index (χ2v) is 5.50. The number of nitrogens with zero attached hydrogens (tertiary/aromatic N) is 1. The molecule has 1 aromatic rings. The first-order valence-electron chi connectivity index (χ1n) is 6.37. The van der Waals surface area contributed by atoms with Crippen LogP contribution >= 0.6 is 34.8 Å². The van der Waals surface area contributed by atoms with Crippen LogP contribution in [0.15, 0.2) is 18.2 Å². The third-order valence-corrected chi connectivity index (χ3v) is 3.86. The molecular weight excluding hydrogens is 305 g/mol. The summed E-state index contributed by atoms with van der Waals surface area (Å²) >= 11 is 17.8. The van der Waals surface area contributed by atoms with Crippen molar-refractivity contribution in [2.75, 3.05) is 12.4 Å². The number of hydrogen-bond donors (Lipinski definition) is 0. The highest BCUT2D eigenvalue weighted by Crippen LogP contribution is 2.24. The zero-order valence-corrected chi connectivity index (χ0v) is 13.4. The van der Waals surface area contributed by atoms with Crippen molar-refractivity contribution in [2.45, 2.75) is 32.7 Å². The molecular formula is C14H18Cl3NO. The molecule has 1 rings (SSSR count). The number of benzene rings is 1. The van der Waals surface area contributed by atoms with Crippen LogP contribution in [-0.2, 0) is 0 Å². The number of carbonyl (C=O) groups excluding carboxylic acids is 1. The SMILES string of the molecule is CCC(CC)N(CCCl)C(=O)c1cc(Cl)ccc1Cl. The number of hydrogen-bond acceptors (Lipinski definition) is 1. The van der Waals surface area contributed by atoms with Gasteiger partial charge in [0.1, 0.15) is 0 Å². The summed E-state index contributed by atoms with van der Waals surface area (Å²) in [5, 5.41) is 0.919. The van der Waals surface area contributed by atoms with E-state index < -0.39 is 0 Å². The maximum absolute atomic E-state index is 12.6. The van der Waals surface area contributed by atoms with Crippen LogP contribution in [0.3, 0.4) is 0 Å². The monoisotopic (exact) mass is 321 g/mol. The lowest BCUT2D eigenvalue weighted by Gasteiger charge is -2.30. The van der Waals surface area contributed by atoms with Gasteiger partial charge >= 0.3 is 0 Å². The summed E-state index contributed by atoms with van der Waals surface area (Å²) in [6.45, 7) is 4.63. The Morgan fingerprint density at radius 3 is 2.42 bits per heavy atom. The first kappa shape index (κ1) is 16.6. The lowest BCUT2D eigenvalue weighted by Crippen LogP contribution is -2.41. The molecule has 0 heterocycles. The van der Waals surface area contributed by atoms with Crippen LogP contribution in [0.1, 0.15) is 37.0 Å². The van der Waals surface area contributed by atoms with Crippen LogP contribution < -0.4 is 0 Å². The van der Waals surface area contributed by atoms with Crippen LogP contribution in [0.25, 0.3) is 0 Å². The Morgan fingerprint density at radius 1 is 1.26 bits per heavy atom. The Balaban J connectivity index is 3.08. The summed E-state index contributed by atoms with van der Waals surface area (Å²) in [6, 6.07) is 5.09. The summed E-state index contributed by atoms with van der Waals surface area (Å²) < 4.78 is 0. The molecule has 0 aliphatic heterocycles. The predicted octanol–water partition coefficient (Wildman–Crippen LogP) is 4.86.